The van der Waals surface area contributed by atoms with Crippen molar-refractivity contribution in [3.8, 4) is 0 Å². The number of hydrogen-bond donors (Lipinski definition) is 1. The molecule has 2 aromatic carbocycles. The molecule has 0 aromatic heterocycles. The molecule has 9 heteroatoms. The van der Waals surface area contributed by atoms with Gasteiger partial charge in [-0.15, -0.1) is 0 Å². The maximum Gasteiger partial charge on any atom is 0.244 e. The van der Waals surface area contributed by atoms with Gasteiger partial charge in [0, 0.05) is 18.7 Å². The molecular weight excluding hydrogens is 457 g/mol. The van der Waals surface area contributed by atoms with Gasteiger partial charge in [-0.2, -0.15) is 0 Å². The summed E-state index contributed by atoms with van der Waals surface area (Å²) >= 11 is 0. The lowest BCUT2D eigenvalue weighted by Gasteiger charge is -2.31. The third-order valence-electron chi connectivity index (χ3n) is 5.54. The predicted octanol–water partition coefficient (Wildman–Crippen LogP) is 3.66. The molecule has 1 N–H and O–H groups in total. The molecule has 0 saturated heterocycles. The van der Waals surface area contributed by atoms with Crippen LogP contribution in [0.15, 0.2) is 48.5 Å². The van der Waals surface area contributed by atoms with Crippen LogP contribution in [0.1, 0.15) is 51.2 Å². The molecule has 2 amide bonds. The first kappa shape index (κ1) is 27.3. The lowest BCUT2D eigenvalue weighted by molar-refractivity contribution is -0.139. The highest BCUT2D eigenvalue weighted by Crippen LogP contribution is 2.23. The van der Waals surface area contributed by atoms with E-state index in [-0.39, 0.29) is 18.0 Å². The number of benzene rings is 2. The minimum absolute atomic E-state index is 0.171. The minimum atomic E-state index is -3.81. The molecule has 186 valence electrons. The Hall–Kier alpha value is -2.94. The van der Waals surface area contributed by atoms with Crippen molar-refractivity contribution in [1.82, 2.24) is 10.2 Å². The van der Waals surface area contributed by atoms with Gasteiger partial charge in [-0.3, -0.25) is 13.9 Å². The molecule has 0 heterocycles. The second-order valence-corrected chi connectivity index (χ2v) is 10.5. The van der Waals surface area contributed by atoms with E-state index in [0.717, 1.165) is 16.1 Å². The van der Waals surface area contributed by atoms with Crippen molar-refractivity contribution in [2.24, 2.45) is 0 Å². The van der Waals surface area contributed by atoms with E-state index in [9.17, 15) is 22.4 Å². The molecule has 34 heavy (non-hydrogen) atoms. The predicted molar refractivity (Wildman–Crippen MR) is 132 cm³/mol. The van der Waals surface area contributed by atoms with Crippen LogP contribution in [0.4, 0.5) is 10.1 Å². The fraction of sp³-hybridized carbons (Fsp3) is 0.440. The average molecular weight is 492 g/mol. The number of carbonyl (C=O) groups is 2. The zero-order valence-corrected chi connectivity index (χ0v) is 21.2. The first-order valence-corrected chi connectivity index (χ1v) is 13.2. The van der Waals surface area contributed by atoms with Crippen LogP contribution in [-0.2, 0) is 26.2 Å². The number of amides is 2. The zero-order valence-electron chi connectivity index (χ0n) is 20.4. The number of rotatable bonds is 11. The number of sulfonamides is 1. The molecule has 0 unspecified atom stereocenters. The number of nitrogens with zero attached hydrogens (tertiary/aromatic N) is 2. The summed E-state index contributed by atoms with van der Waals surface area (Å²) in [5, 5.41) is 2.74. The third kappa shape index (κ3) is 7.28. The van der Waals surface area contributed by atoms with Crippen molar-refractivity contribution >= 4 is 27.5 Å². The normalized spacial score (nSPS) is 12.3. The molecule has 0 aliphatic carbocycles. The fourth-order valence-electron chi connectivity index (χ4n) is 3.43. The number of carbonyl (C=O) groups excluding carboxylic acids is 2. The minimum Gasteiger partial charge on any atom is -0.354 e. The van der Waals surface area contributed by atoms with Crippen molar-refractivity contribution in [2.75, 3.05) is 23.7 Å². The van der Waals surface area contributed by atoms with E-state index in [1.165, 1.54) is 23.1 Å². The van der Waals surface area contributed by atoms with Gasteiger partial charge in [0.2, 0.25) is 21.8 Å². The molecule has 0 aliphatic rings. The summed E-state index contributed by atoms with van der Waals surface area (Å²) in [6.07, 6.45) is 1.74. The van der Waals surface area contributed by atoms with Crippen molar-refractivity contribution in [2.45, 2.75) is 52.6 Å². The van der Waals surface area contributed by atoms with E-state index < -0.39 is 40.2 Å². The molecule has 0 aliphatic heterocycles. The second kappa shape index (κ2) is 12.0. The Balaban J connectivity index is 2.38. The first-order valence-electron chi connectivity index (χ1n) is 11.3. The molecule has 2 aromatic rings. The summed E-state index contributed by atoms with van der Waals surface area (Å²) in [7, 11) is -3.81. The Morgan fingerprint density at radius 2 is 1.65 bits per heavy atom. The lowest BCUT2D eigenvalue weighted by atomic mass is 10.0. The van der Waals surface area contributed by atoms with Gasteiger partial charge in [0.25, 0.3) is 0 Å². The van der Waals surface area contributed by atoms with Crippen molar-refractivity contribution in [1.29, 1.82) is 0 Å². The number of anilines is 1. The summed E-state index contributed by atoms with van der Waals surface area (Å²) in [6.45, 7) is 7.25. The molecular formula is C25H34FN3O4S. The molecule has 1 atom stereocenters. The van der Waals surface area contributed by atoms with Gasteiger partial charge < -0.3 is 10.2 Å². The van der Waals surface area contributed by atoms with Gasteiger partial charge in [-0.05, 0) is 43.0 Å². The highest BCUT2D eigenvalue weighted by Gasteiger charge is 2.30. The number of nitrogens with one attached hydrogen (secondary N) is 1. The van der Waals surface area contributed by atoms with Crippen LogP contribution in [-0.4, -0.2) is 50.5 Å². The van der Waals surface area contributed by atoms with Gasteiger partial charge in [-0.1, -0.05) is 51.1 Å². The van der Waals surface area contributed by atoms with Gasteiger partial charge in [-0.25, -0.2) is 12.8 Å². The van der Waals surface area contributed by atoms with E-state index in [4.69, 9.17) is 0 Å². The van der Waals surface area contributed by atoms with Gasteiger partial charge in [0.15, 0.2) is 0 Å². The summed E-state index contributed by atoms with van der Waals surface area (Å²) in [4.78, 5) is 27.3. The zero-order chi connectivity index (χ0) is 25.5. The largest absolute Gasteiger partial charge is 0.354 e. The van der Waals surface area contributed by atoms with Crippen molar-refractivity contribution < 1.29 is 22.4 Å². The topological polar surface area (TPSA) is 86.8 Å². The van der Waals surface area contributed by atoms with Crippen LogP contribution < -0.4 is 9.62 Å². The van der Waals surface area contributed by atoms with Crippen molar-refractivity contribution in [3.63, 3.8) is 0 Å². The molecule has 2 rings (SSSR count). The standard InChI is InChI=1S/C25H34FN3O4S/c1-6-15-27-25(31)19(4)28(16-21-9-7-8-10-23(21)26)24(30)17-29(34(5,32)33)22-13-11-20(12-14-22)18(2)3/h7-14,18-19H,6,15-17H2,1-5H3,(H,27,31)/t19-/m0/s1. The number of halogens is 1. The molecule has 0 spiro atoms. The monoisotopic (exact) mass is 491 g/mol. The van der Waals surface area contributed by atoms with E-state index in [1.807, 2.05) is 32.9 Å². The van der Waals surface area contributed by atoms with Crippen LogP contribution in [0.2, 0.25) is 0 Å². The first-order chi connectivity index (χ1) is 16.0. The summed E-state index contributed by atoms with van der Waals surface area (Å²) in [5.74, 6) is -1.24. The highest BCUT2D eigenvalue weighted by atomic mass is 32.2. The van der Waals surface area contributed by atoms with Crippen LogP contribution >= 0.6 is 0 Å². The maximum atomic E-state index is 14.4. The summed E-state index contributed by atoms with van der Waals surface area (Å²) in [5.41, 5.74) is 1.61. The second-order valence-electron chi connectivity index (χ2n) is 8.60. The van der Waals surface area contributed by atoms with Gasteiger partial charge >= 0.3 is 0 Å². The Morgan fingerprint density at radius 3 is 2.18 bits per heavy atom. The quantitative estimate of drug-likeness (QED) is 0.520. The van der Waals surface area contributed by atoms with E-state index in [1.54, 1.807) is 25.1 Å². The van der Waals surface area contributed by atoms with Crippen LogP contribution in [0.5, 0.6) is 0 Å². The van der Waals surface area contributed by atoms with Crippen LogP contribution in [0.3, 0.4) is 0 Å². The van der Waals surface area contributed by atoms with Crippen molar-refractivity contribution in [3.05, 3.63) is 65.5 Å². The Morgan fingerprint density at radius 1 is 1.03 bits per heavy atom. The third-order valence-corrected chi connectivity index (χ3v) is 6.68. The Bertz CT molecular complexity index is 1090. The summed E-state index contributed by atoms with van der Waals surface area (Å²) in [6, 6.07) is 12.0. The lowest BCUT2D eigenvalue weighted by Crippen LogP contribution is -2.51. The van der Waals surface area contributed by atoms with Crippen LogP contribution in [0, 0.1) is 5.82 Å². The smallest absolute Gasteiger partial charge is 0.244 e. The Kier molecular flexibility index (Phi) is 9.61. The maximum absolute atomic E-state index is 14.4. The van der Waals surface area contributed by atoms with Gasteiger partial charge in [0.05, 0.1) is 11.9 Å². The molecule has 0 fully saturated rings. The molecule has 0 saturated carbocycles. The number of hydrogen-bond acceptors (Lipinski definition) is 4. The average Bonchev–Trinajstić information content (AvgIpc) is 2.79. The molecule has 7 nitrogen and oxygen atoms in total. The SMILES string of the molecule is CCCNC(=O)[C@H](C)N(Cc1ccccc1F)C(=O)CN(c1ccc(C(C)C)cc1)S(C)(=O)=O. The van der Waals surface area contributed by atoms with E-state index in [2.05, 4.69) is 5.32 Å². The van der Waals surface area contributed by atoms with E-state index >= 15 is 0 Å². The summed E-state index contributed by atoms with van der Waals surface area (Å²) < 4.78 is 40.5. The fourth-order valence-corrected chi connectivity index (χ4v) is 4.28. The molecule has 0 bridgehead atoms. The Labute approximate surface area is 202 Å². The van der Waals surface area contributed by atoms with Gasteiger partial charge in [0.1, 0.15) is 18.4 Å². The highest BCUT2D eigenvalue weighted by molar-refractivity contribution is 7.92. The van der Waals surface area contributed by atoms with Crippen LogP contribution in [0.25, 0.3) is 0 Å². The molecule has 0 radical (unpaired) electrons. The van der Waals surface area contributed by atoms with E-state index in [0.29, 0.717) is 18.7 Å².